The molecule has 2 amide bonds. The van der Waals surface area contributed by atoms with Crippen molar-refractivity contribution >= 4 is 11.8 Å². The lowest BCUT2D eigenvalue weighted by atomic mass is 10.00. The van der Waals surface area contributed by atoms with E-state index in [0.29, 0.717) is 13.0 Å². The van der Waals surface area contributed by atoms with Crippen molar-refractivity contribution in [2.24, 2.45) is 5.92 Å². The van der Waals surface area contributed by atoms with Gasteiger partial charge in [0.1, 0.15) is 6.04 Å². The fourth-order valence-corrected chi connectivity index (χ4v) is 3.03. The van der Waals surface area contributed by atoms with E-state index < -0.39 is 0 Å². The standard InChI is InChI=1S/C14H25N3O2/c1-10(2)13-14(19)17(8-6-12(18)15-13)11-5-4-7-16(3)9-11/h10-11,13H,4-9H2,1-3H3,(H,15,18). The summed E-state index contributed by atoms with van der Waals surface area (Å²) in [6, 6.07) is -0.0950. The topological polar surface area (TPSA) is 52.7 Å². The molecule has 2 unspecified atom stereocenters. The average Bonchev–Trinajstić information content (AvgIpc) is 2.49. The van der Waals surface area contributed by atoms with Crippen LogP contribution >= 0.6 is 0 Å². The highest BCUT2D eigenvalue weighted by atomic mass is 16.2. The Balaban J connectivity index is 2.13. The minimum Gasteiger partial charge on any atom is -0.344 e. The van der Waals surface area contributed by atoms with E-state index in [1.54, 1.807) is 0 Å². The molecule has 5 nitrogen and oxygen atoms in total. The molecule has 0 aromatic heterocycles. The Morgan fingerprint density at radius 1 is 1.26 bits per heavy atom. The SMILES string of the molecule is CC(C)C1NC(=O)CCN(C2CCCN(C)C2)C1=O. The Morgan fingerprint density at radius 3 is 2.63 bits per heavy atom. The monoisotopic (exact) mass is 267 g/mol. The van der Waals surface area contributed by atoms with Crippen LogP contribution in [-0.2, 0) is 9.59 Å². The van der Waals surface area contributed by atoms with Crippen molar-refractivity contribution in [1.29, 1.82) is 0 Å². The smallest absolute Gasteiger partial charge is 0.245 e. The maximum absolute atomic E-state index is 12.6. The molecule has 2 rings (SSSR count). The van der Waals surface area contributed by atoms with Crippen molar-refractivity contribution in [2.45, 2.75) is 45.2 Å². The Labute approximate surface area is 115 Å². The largest absolute Gasteiger partial charge is 0.344 e. The van der Waals surface area contributed by atoms with Gasteiger partial charge in [-0.2, -0.15) is 0 Å². The molecule has 2 heterocycles. The van der Waals surface area contributed by atoms with Gasteiger partial charge in [0.15, 0.2) is 0 Å². The van der Waals surface area contributed by atoms with Crippen LogP contribution in [0.5, 0.6) is 0 Å². The highest BCUT2D eigenvalue weighted by Crippen LogP contribution is 2.19. The van der Waals surface area contributed by atoms with Gasteiger partial charge in [-0.25, -0.2) is 0 Å². The highest BCUT2D eigenvalue weighted by molar-refractivity contribution is 5.90. The molecule has 0 aliphatic carbocycles. The highest BCUT2D eigenvalue weighted by Gasteiger charge is 2.36. The number of piperidine rings is 1. The number of nitrogens with one attached hydrogen (secondary N) is 1. The second kappa shape index (κ2) is 5.90. The van der Waals surface area contributed by atoms with Crippen molar-refractivity contribution in [3.8, 4) is 0 Å². The molecule has 2 atom stereocenters. The molecule has 0 aromatic rings. The first-order chi connectivity index (χ1) is 8.99. The van der Waals surface area contributed by atoms with Crippen LogP contribution in [0.4, 0.5) is 0 Å². The van der Waals surface area contributed by atoms with E-state index >= 15 is 0 Å². The Hall–Kier alpha value is -1.10. The van der Waals surface area contributed by atoms with Crippen molar-refractivity contribution in [2.75, 3.05) is 26.7 Å². The van der Waals surface area contributed by atoms with E-state index in [9.17, 15) is 9.59 Å². The predicted molar refractivity (Wildman–Crippen MR) is 73.6 cm³/mol. The van der Waals surface area contributed by atoms with E-state index in [0.717, 1.165) is 25.9 Å². The quantitative estimate of drug-likeness (QED) is 0.790. The third-order valence-corrected chi connectivity index (χ3v) is 4.15. The lowest BCUT2D eigenvalue weighted by Crippen LogP contribution is -2.54. The third kappa shape index (κ3) is 3.26. The molecule has 19 heavy (non-hydrogen) atoms. The van der Waals surface area contributed by atoms with Crippen molar-refractivity contribution < 1.29 is 9.59 Å². The summed E-state index contributed by atoms with van der Waals surface area (Å²) in [6.45, 7) is 6.55. The minimum absolute atomic E-state index is 0.00119. The van der Waals surface area contributed by atoms with Gasteiger partial charge in [-0.1, -0.05) is 13.8 Å². The van der Waals surface area contributed by atoms with Crippen LogP contribution in [0.3, 0.4) is 0 Å². The summed E-state index contributed by atoms with van der Waals surface area (Å²) in [5.74, 6) is 0.234. The molecule has 108 valence electrons. The number of hydrogen-bond donors (Lipinski definition) is 1. The maximum Gasteiger partial charge on any atom is 0.245 e. The number of hydrogen-bond acceptors (Lipinski definition) is 3. The molecular weight excluding hydrogens is 242 g/mol. The van der Waals surface area contributed by atoms with Crippen molar-refractivity contribution in [3.63, 3.8) is 0 Å². The van der Waals surface area contributed by atoms with Gasteiger partial charge < -0.3 is 15.1 Å². The number of carbonyl (C=O) groups is 2. The van der Waals surface area contributed by atoms with Gasteiger partial charge in [0.05, 0.1) is 0 Å². The summed E-state index contributed by atoms with van der Waals surface area (Å²) in [5, 5.41) is 2.86. The van der Waals surface area contributed by atoms with E-state index in [2.05, 4.69) is 17.3 Å². The van der Waals surface area contributed by atoms with Gasteiger partial charge in [-0.3, -0.25) is 9.59 Å². The lowest BCUT2D eigenvalue weighted by molar-refractivity contribution is -0.137. The molecule has 0 aromatic carbocycles. The molecule has 0 radical (unpaired) electrons. The van der Waals surface area contributed by atoms with Crippen molar-refractivity contribution in [3.05, 3.63) is 0 Å². The Kier molecular flexibility index (Phi) is 4.45. The van der Waals surface area contributed by atoms with Crippen LogP contribution < -0.4 is 5.32 Å². The van der Waals surface area contributed by atoms with Crippen LogP contribution in [0.1, 0.15) is 33.1 Å². The zero-order chi connectivity index (χ0) is 14.0. The average molecular weight is 267 g/mol. The zero-order valence-electron chi connectivity index (χ0n) is 12.2. The van der Waals surface area contributed by atoms with Gasteiger partial charge in [-0.05, 0) is 32.4 Å². The number of rotatable bonds is 2. The molecule has 0 spiro atoms. The van der Waals surface area contributed by atoms with E-state index in [1.165, 1.54) is 0 Å². The van der Waals surface area contributed by atoms with Crippen molar-refractivity contribution in [1.82, 2.24) is 15.1 Å². The predicted octanol–water partition coefficient (Wildman–Crippen LogP) is 0.454. The Morgan fingerprint density at radius 2 is 2.00 bits per heavy atom. The summed E-state index contributed by atoms with van der Waals surface area (Å²) in [4.78, 5) is 28.6. The first-order valence-electron chi connectivity index (χ1n) is 7.27. The lowest BCUT2D eigenvalue weighted by Gasteiger charge is -2.38. The van der Waals surface area contributed by atoms with Gasteiger partial charge in [0, 0.05) is 25.6 Å². The molecule has 2 fully saturated rings. The fraction of sp³-hybridized carbons (Fsp3) is 0.857. The van der Waals surface area contributed by atoms with Crippen LogP contribution in [0.2, 0.25) is 0 Å². The van der Waals surface area contributed by atoms with Crippen LogP contribution in [0.25, 0.3) is 0 Å². The maximum atomic E-state index is 12.6. The van der Waals surface area contributed by atoms with Gasteiger partial charge in [0.2, 0.25) is 11.8 Å². The number of amides is 2. The summed E-state index contributed by atoms with van der Waals surface area (Å²) < 4.78 is 0. The van der Waals surface area contributed by atoms with E-state index in [-0.39, 0.29) is 29.8 Å². The fourth-order valence-electron chi connectivity index (χ4n) is 3.03. The summed E-state index contributed by atoms with van der Waals surface area (Å²) >= 11 is 0. The molecule has 2 aliphatic heterocycles. The van der Waals surface area contributed by atoms with Crippen LogP contribution in [0, 0.1) is 5.92 Å². The van der Waals surface area contributed by atoms with Gasteiger partial charge in [-0.15, -0.1) is 0 Å². The molecule has 2 saturated heterocycles. The second-order valence-corrected chi connectivity index (χ2v) is 6.13. The van der Waals surface area contributed by atoms with Gasteiger partial charge in [0.25, 0.3) is 0 Å². The van der Waals surface area contributed by atoms with E-state index in [1.807, 2.05) is 18.7 Å². The second-order valence-electron chi connectivity index (χ2n) is 6.13. The number of nitrogens with zero attached hydrogens (tertiary/aromatic N) is 2. The summed E-state index contributed by atoms with van der Waals surface area (Å²) in [6.07, 6.45) is 2.60. The first kappa shape index (κ1) is 14.3. The molecule has 0 bridgehead atoms. The molecule has 0 saturated carbocycles. The molecule has 2 aliphatic rings. The van der Waals surface area contributed by atoms with Crippen LogP contribution in [0.15, 0.2) is 0 Å². The number of likely N-dealkylation sites (tertiary alicyclic amines) is 1. The normalized spacial score (nSPS) is 30.4. The number of carbonyl (C=O) groups excluding carboxylic acids is 2. The molecule has 5 heteroatoms. The van der Waals surface area contributed by atoms with Crippen LogP contribution in [-0.4, -0.2) is 60.4 Å². The molecule has 1 N–H and O–H groups in total. The Bertz CT molecular complexity index is 357. The number of likely N-dealkylation sites (N-methyl/N-ethyl adjacent to an activating group) is 1. The first-order valence-corrected chi connectivity index (χ1v) is 7.27. The molecular formula is C14H25N3O2. The third-order valence-electron chi connectivity index (χ3n) is 4.15. The summed E-state index contributed by atoms with van der Waals surface area (Å²) in [5.41, 5.74) is 0. The zero-order valence-corrected chi connectivity index (χ0v) is 12.2. The van der Waals surface area contributed by atoms with E-state index in [4.69, 9.17) is 0 Å². The minimum atomic E-state index is -0.359. The van der Waals surface area contributed by atoms with Gasteiger partial charge >= 0.3 is 0 Å². The summed E-state index contributed by atoms with van der Waals surface area (Å²) in [7, 11) is 2.10.